The first-order valence-corrected chi connectivity index (χ1v) is 15.0. The van der Waals surface area contributed by atoms with E-state index in [1.165, 1.54) is 5.57 Å². The Balaban J connectivity index is 2.28. The Morgan fingerprint density at radius 3 is 2.46 bits per heavy atom. The van der Waals surface area contributed by atoms with E-state index >= 15 is 0 Å². The number of alkyl halides is 1. The molecule has 0 unspecified atom stereocenters. The van der Waals surface area contributed by atoms with Crippen LogP contribution in [0.3, 0.4) is 0 Å². The molecular formula is C32H50ClN5O3. The maximum absolute atomic E-state index is 13.1. The summed E-state index contributed by atoms with van der Waals surface area (Å²) in [6, 6.07) is 2.17. The van der Waals surface area contributed by atoms with Crippen LogP contribution >= 0.6 is 11.6 Å². The summed E-state index contributed by atoms with van der Waals surface area (Å²) in [6.07, 6.45) is 5.37. The highest BCUT2D eigenvalue weighted by molar-refractivity contribution is 6.20. The predicted octanol–water partition coefficient (Wildman–Crippen LogP) is 3.98. The quantitative estimate of drug-likeness (QED) is 0.184. The van der Waals surface area contributed by atoms with Gasteiger partial charge in [0.15, 0.2) is 0 Å². The number of aliphatic imine (C=N–C) groups is 2. The first-order valence-electron chi connectivity index (χ1n) is 14.5. The van der Waals surface area contributed by atoms with Crippen LogP contribution in [0.5, 0.6) is 0 Å². The molecule has 0 aromatic carbocycles. The molecule has 2 N–H and O–H groups in total. The number of hydrogen-bond donors (Lipinski definition) is 2. The maximum Gasteiger partial charge on any atom is 0.222 e. The Hall–Kier alpha value is -2.68. The van der Waals surface area contributed by atoms with Crippen molar-refractivity contribution in [3.05, 3.63) is 45.4 Å². The molecule has 1 aliphatic rings. The number of ether oxygens (including phenoxy) is 2. The van der Waals surface area contributed by atoms with Gasteiger partial charge in [0.25, 0.3) is 0 Å². The average Bonchev–Trinajstić information content (AvgIpc) is 3.47. The summed E-state index contributed by atoms with van der Waals surface area (Å²) in [6.45, 7) is 15.1. The smallest absolute Gasteiger partial charge is 0.222 e. The van der Waals surface area contributed by atoms with Crippen LogP contribution in [0.4, 0.5) is 0 Å². The van der Waals surface area contributed by atoms with Crippen molar-refractivity contribution in [1.82, 2.24) is 15.2 Å². The number of amides is 1. The zero-order chi connectivity index (χ0) is 30.5. The lowest BCUT2D eigenvalue weighted by molar-refractivity contribution is -0.130. The minimum Gasteiger partial charge on any atom is -0.388 e. The highest BCUT2D eigenvalue weighted by Gasteiger charge is 2.33. The third-order valence-corrected chi connectivity index (χ3v) is 7.73. The Labute approximate surface area is 251 Å². The van der Waals surface area contributed by atoms with E-state index < -0.39 is 0 Å². The van der Waals surface area contributed by atoms with Gasteiger partial charge in [-0.15, -0.1) is 11.6 Å². The van der Waals surface area contributed by atoms with Gasteiger partial charge in [0.05, 0.1) is 26.4 Å². The molecule has 41 heavy (non-hydrogen) atoms. The molecule has 0 saturated heterocycles. The third-order valence-electron chi connectivity index (χ3n) is 7.58. The zero-order valence-corrected chi connectivity index (χ0v) is 27.2. The number of hydrogen-bond acceptors (Lipinski definition) is 6. The average molecular weight is 588 g/mol. The number of aromatic nitrogens is 1. The van der Waals surface area contributed by atoms with Crippen molar-refractivity contribution in [2.45, 2.75) is 54.4 Å². The molecule has 0 radical (unpaired) electrons. The summed E-state index contributed by atoms with van der Waals surface area (Å²) in [7, 11) is 5.57. The zero-order valence-electron chi connectivity index (χ0n) is 26.5. The van der Waals surface area contributed by atoms with Crippen LogP contribution in [0.25, 0.3) is 11.6 Å². The van der Waals surface area contributed by atoms with Crippen LogP contribution in [0.15, 0.2) is 39.1 Å². The molecule has 1 aromatic rings. The fourth-order valence-corrected chi connectivity index (χ4v) is 4.91. The van der Waals surface area contributed by atoms with Crippen molar-refractivity contribution in [1.29, 1.82) is 0 Å². The number of nitrogens with zero attached hydrogens (tertiary/aromatic N) is 3. The summed E-state index contributed by atoms with van der Waals surface area (Å²) in [5, 5.41) is 5.39. The summed E-state index contributed by atoms with van der Waals surface area (Å²) >= 11 is 5.61. The highest BCUT2D eigenvalue weighted by Crippen LogP contribution is 2.37. The Morgan fingerprint density at radius 1 is 1.17 bits per heavy atom. The number of allylic oxidation sites excluding steroid dienone is 3. The maximum atomic E-state index is 13.1. The van der Waals surface area contributed by atoms with E-state index in [0.29, 0.717) is 45.3 Å². The number of carbonyl (C=O) groups is 1. The van der Waals surface area contributed by atoms with Crippen molar-refractivity contribution in [3.8, 4) is 0 Å². The Bertz CT molecular complexity index is 1270. The predicted molar refractivity (Wildman–Crippen MR) is 172 cm³/mol. The molecule has 0 saturated carbocycles. The number of halogens is 1. The molecule has 0 aliphatic carbocycles. The molecule has 2 atom stereocenters. The SMILES string of the molecule is CN=C(C)/C=c1\[nH]/c(=C(/C)C2=N/C(=C\C(NC)=C(C)C)[C@@H](C)[C@@H]2CCC(=O)N(C)CCOCCOCCCl)cc1C. The van der Waals surface area contributed by atoms with Crippen molar-refractivity contribution in [2.75, 3.05) is 60.0 Å². The standard InChI is InChI=1S/C32H50ClN5O3/c1-21(2)27(35-8)20-30-24(5)26(10-11-31(39)38(9)13-15-41-17-16-40-14-12-33)32(37-30)25(6)29-18-22(3)28(36-29)19-23(4)34-7/h18-20,24,26,35-36H,10-17H2,1-9H3/b28-19-,29-25-,30-20-,34-23?/t24-,26-/m0/s1. The van der Waals surface area contributed by atoms with Crippen molar-refractivity contribution < 1.29 is 14.3 Å². The number of aromatic amines is 1. The Kier molecular flexibility index (Phi) is 14.6. The fraction of sp³-hybridized carbons (Fsp3) is 0.594. The molecule has 0 fully saturated rings. The number of likely N-dealkylation sites (N-methyl/N-ethyl adjacent to an activating group) is 2. The topological polar surface area (TPSA) is 91.3 Å². The van der Waals surface area contributed by atoms with E-state index in [1.54, 1.807) is 11.9 Å². The van der Waals surface area contributed by atoms with Crippen molar-refractivity contribution >= 4 is 40.6 Å². The second-order valence-electron chi connectivity index (χ2n) is 10.8. The number of H-pyrrole nitrogens is 1. The minimum absolute atomic E-state index is 0.107. The van der Waals surface area contributed by atoms with Crippen LogP contribution in [0.1, 0.15) is 53.0 Å². The molecule has 1 aliphatic heterocycles. The fourth-order valence-electron chi connectivity index (χ4n) is 4.80. The van der Waals surface area contributed by atoms with Gasteiger partial charge in [0.2, 0.25) is 5.91 Å². The first kappa shape index (κ1) is 34.5. The lowest BCUT2D eigenvalue weighted by Gasteiger charge is -2.21. The van der Waals surface area contributed by atoms with Crippen LogP contribution < -0.4 is 16.0 Å². The normalized spacial score (nSPS) is 19.5. The lowest BCUT2D eigenvalue weighted by Crippen LogP contribution is -2.31. The monoisotopic (exact) mass is 587 g/mol. The third kappa shape index (κ3) is 10.3. The molecule has 2 heterocycles. The Morgan fingerprint density at radius 2 is 1.85 bits per heavy atom. The van der Waals surface area contributed by atoms with Gasteiger partial charge in [-0.3, -0.25) is 14.8 Å². The molecule has 0 bridgehead atoms. The summed E-state index contributed by atoms with van der Waals surface area (Å²) in [5.74, 6) is 0.880. The second kappa shape index (κ2) is 17.3. The summed E-state index contributed by atoms with van der Waals surface area (Å²) < 4.78 is 10.9. The van der Waals surface area contributed by atoms with E-state index in [9.17, 15) is 4.79 Å². The van der Waals surface area contributed by atoms with Gasteiger partial charge in [-0.05, 0) is 70.4 Å². The van der Waals surface area contributed by atoms with Gasteiger partial charge < -0.3 is 24.7 Å². The number of nitrogens with one attached hydrogen (secondary N) is 2. The van der Waals surface area contributed by atoms with E-state index in [2.05, 4.69) is 68.1 Å². The van der Waals surface area contributed by atoms with Crippen molar-refractivity contribution in [3.63, 3.8) is 0 Å². The summed E-state index contributed by atoms with van der Waals surface area (Å²) in [5.41, 5.74) is 7.57. The summed E-state index contributed by atoms with van der Waals surface area (Å²) in [4.78, 5) is 27.8. The molecule has 9 heteroatoms. The molecule has 1 aromatic heterocycles. The minimum atomic E-state index is 0.107. The lowest BCUT2D eigenvalue weighted by atomic mass is 9.84. The molecule has 8 nitrogen and oxygen atoms in total. The number of rotatable bonds is 15. The molecule has 2 rings (SSSR count). The largest absolute Gasteiger partial charge is 0.388 e. The van der Waals surface area contributed by atoms with E-state index in [1.807, 2.05) is 21.0 Å². The van der Waals surface area contributed by atoms with Crippen LogP contribution in [0, 0.1) is 18.8 Å². The molecule has 0 spiro atoms. The van der Waals surface area contributed by atoms with Gasteiger partial charge >= 0.3 is 0 Å². The molecule has 1 amide bonds. The van der Waals surface area contributed by atoms with E-state index in [-0.39, 0.29) is 17.7 Å². The first-order chi connectivity index (χ1) is 19.5. The van der Waals surface area contributed by atoms with E-state index in [0.717, 1.165) is 51.1 Å². The van der Waals surface area contributed by atoms with Crippen LogP contribution in [-0.2, 0) is 14.3 Å². The van der Waals surface area contributed by atoms with Gasteiger partial charge in [-0.25, -0.2) is 0 Å². The van der Waals surface area contributed by atoms with Crippen LogP contribution in [-0.4, -0.2) is 87.2 Å². The van der Waals surface area contributed by atoms with E-state index in [4.69, 9.17) is 26.1 Å². The van der Waals surface area contributed by atoms with Crippen LogP contribution in [0.2, 0.25) is 0 Å². The van der Waals surface area contributed by atoms with Gasteiger partial charge in [-0.2, -0.15) is 0 Å². The van der Waals surface area contributed by atoms with Crippen molar-refractivity contribution in [2.24, 2.45) is 21.8 Å². The van der Waals surface area contributed by atoms with Gasteiger partial charge in [0, 0.05) is 85.3 Å². The molecule has 228 valence electrons. The van der Waals surface area contributed by atoms with Gasteiger partial charge in [-0.1, -0.05) is 12.5 Å². The highest BCUT2D eigenvalue weighted by atomic mass is 35.5. The second-order valence-corrected chi connectivity index (χ2v) is 11.2. The molecular weight excluding hydrogens is 538 g/mol. The van der Waals surface area contributed by atoms with Gasteiger partial charge in [0.1, 0.15) is 0 Å². The number of carbonyl (C=O) groups excluding carboxylic acids is 1. The number of aryl methyl sites for hydroxylation is 1.